The van der Waals surface area contributed by atoms with Crippen molar-refractivity contribution in [1.29, 1.82) is 0 Å². The maximum atomic E-state index is 16.2. The number of hydrogen-bond acceptors (Lipinski definition) is 22. The Hall–Kier alpha value is -10.6. The van der Waals surface area contributed by atoms with Gasteiger partial charge in [0.1, 0.15) is 88.6 Å². The molecule has 0 saturated carbocycles. The minimum absolute atomic E-state index is 0.0242. The number of benzene rings is 7. The molecule has 29 nitrogen and oxygen atoms in total. The SMILES string of the molecule is CCCCCCCCCCNCc1c(O)cc2c(c1O)-c1cc(ccc1O)[C@@H]1NC(=O)[C@H]3NC(=O)[C@H]4NC(=O)[C@H](Cc5ccc(c(Cl)c5)Oc5cc3cc(c5O)Oc3ccc(cc3Cl)C(O)[C@H](NC1=O)C(=O)N[C@@H]2C(=O)NCCCNCCCNCCCN)NC(=O)[C@H](N)c1ccc(O)c(c1)Oc1cc(O)cc4c1. The molecule has 1 unspecified atom stereocenters. The Balaban J connectivity index is 1.06. The number of carbonyl (C=O) groups excluding carboxylic acids is 7. The van der Waals surface area contributed by atoms with E-state index in [2.05, 4.69) is 60.1 Å². The van der Waals surface area contributed by atoms with Crippen molar-refractivity contribution in [3.63, 3.8) is 0 Å². The number of carbonyl (C=O) groups is 7. The Morgan fingerprint density at radius 1 is 0.495 bits per heavy atom. The Bertz CT molecular complexity index is 4550. The third-order valence-electron chi connectivity index (χ3n) is 19.3. The van der Waals surface area contributed by atoms with Gasteiger partial charge in [-0.15, -0.1) is 0 Å². The van der Waals surface area contributed by atoms with Crippen molar-refractivity contribution in [3.8, 4) is 80.1 Å². The predicted octanol–water partition coefficient (Wildman–Crippen LogP) is 7.55. The fourth-order valence-corrected chi connectivity index (χ4v) is 13.9. The summed E-state index contributed by atoms with van der Waals surface area (Å²) in [4.78, 5) is 108. The molecule has 7 amide bonds. The molecule has 17 bridgehead atoms. The van der Waals surface area contributed by atoms with Gasteiger partial charge in [0.2, 0.25) is 47.1 Å². The first-order valence-electron chi connectivity index (χ1n) is 36.4. The highest BCUT2D eigenvalue weighted by Crippen LogP contribution is 2.49. The molecule has 0 saturated heterocycles. The van der Waals surface area contributed by atoms with Crippen LogP contribution in [-0.2, 0) is 46.5 Å². The minimum atomic E-state index is -2.17. The van der Waals surface area contributed by atoms with Crippen LogP contribution in [0.5, 0.6) is 69.0 Å². The van der Waals surface area contributed by atoms with E-state index in [0.29, 0.717) is 38.2 Å². The summed E-state index contributed by atoms with van der Waals surface area (Å²) < 4.78 is 18.7. The number of aromatic hydroxyl groups is 6. The van der Waals surface area contributed by atoms with Crippen molar-refractivity contribution in [2.24, 2.45) is 11.5 Å². The van der Waals surface area contributed by atoms with Gasteiger partial charge >= 0.3 is 0 Å². The quantitative estimate of drug-likeness (QED) is 0.0275. The molecule has 31 heteroatoms. The van der Waals surface area contributed by atoms with Crippen LogP contribution in [-0.4, -0.2) is 135 Å². The topological polar surface area (TPSA) is 461 Å². The normalized spacial score (nSPS) is 19.8. The number of aliphatic hydroxyl groups excluding tert-OH is 1. The molecule has 0 fully saturated rings. The molecule has 0 radical (unpaired) electrons. The number of halogens is 2. The van der Waals surface area contributed by atoms with Crippen molar-refractivity contribution in [2.75, 3.05) is 45.8 Å². The van der Waals surface area contributed by atoms with Crippen molar-refractivity contribution in [3.05, 3.63) is 164 Å². The van der Waals surface area contributed by atoms with Gasteiger partial charge in [-0.1, -0.05) is 99.3 Å². The van der Waals surface area contributed by atoms with Crippen LogP contribution >= 0.6 is 23.2 Å². The summed E-state index contributed by atoms with van der Waals surface area (Å²) in [5.41, 5.74) is 10.7. The Kier molecular flexibility index (Phi) is 26.6. The lowest BCUT2D eigenvalue weighted by Crippen LogP contribution is -2.56. The van der Waals surface area contributed by atoms with Gasteiger partial charge in [0, 0.05) is 36.7 Å². The summed E-state index contributed by atoms with van der Waals surface area (Å²) in [5.74, 6) is -13.2. The fraction of sp³-hybridized carbons (Fsp3) is 0.372. The van der Waals surface area contributed by atoms with Crippen LogP contribution < -0.4 is 78.8 Å². The van der Waals surface area contributed by atoms with Gasteiger partial charge in [-0.25, -0.2) is 0 Å². The number of nitrogens with two attached hydrogens (primary N) is 2. The van der Waals surface area contributed by atoms with Crippen molar-refractivity contribution in [1.82, 2.24) is 53.2 Å². The zero-order valence-corrected chi connectivity index (χ0v) is 61.3. The molecule has 6 aliphatic heterocycles. The van der Waals surface area contributed by atoms with Crippen LogP contribution in [0.15, 0.2) is 109 Å². The number of ether oxygens (including phenoxy) is 3. The van der Waals surface area contributed by atoms with E-state index in [1.54, 1.807) is 0 Å². The summed E-state index contributed by atoms with van der Waals surface area (Å²) in [5, 5.41) is 113. The highest BCUT2D eigenvalue weighted by Gasteiger charge is 2.42. The fourth-order valence-electron chi connectivity index (χ4n) is 13.4. The van der Waals surface area contributed by atoms with E-state index in [0.717, 1.165) is 114 Å². The number of phenols is 6. The second-order valence-electron chi connectivity index (χ2n) is 27.3. The van der Waals surface area contributed by atoms with Gasteiger partial charge in [-0.2, -0.15) is 0 Å². The second kappa shape index (κ2) is 36.5. The number of rotatable bonds is 23. The Morgan fingerprint density at radius 2 is 1.07 bits per heavy atom. The van der Waals surface area contributed by atoms with Crippen molar-refractivity contribution < 1.29 is 83.5 Å². The van der Waals surface area contributed by atoms with Crippen molar-refractivity contribution >= 4 is 64.6 Å². The number of amides is 7. The van der Waals surface area contributed by atoms with E-state index in [1.807, 2.05) is 0 Å². The van der Waals surface area contributed by atoms with Crippen LogP contribution in [0.25, 0.3) is 11.1 Å². The third kappa shape index (κ3) is 19.3. The van der Waals surface area contributed by atoms with E-state index >= 15 is 28.8 Å². The lowest BCUT2D eigenvalue weighted by molar-refractivity contribution is -0.137. The largest absolute Gasteiger partial charge is 0.508 e. The van der Waals surface area contributed by atoms with Crippen LogP contribution in [0.2, 0.25) is 10.0 Å². The molecular weight excluding hydrogens is 1450 g/mol. The molecular formula is C78H90Cl2N12O17. The molecule has 0 aromatic heterocycles. The van der Waals surface area contributed by atoms with E-state index in [-0.39, 0.29) is 103 Å². The number of nitrogens with one attached hydrogen (secondary N) is 10. The summed E-state index contributed by atoms with van der Waals surface area (Å²) >= 11 is 14.0. The molecule has 0 aliphatic carbocycles. The van der Waals surface area contributed by atoms with E-state index in [9.17, 15) is 40.5 Å². The van der Waals surface area contributed by atoms with Crippen LogP contribution in [0.3, 0.4) is 0 Å². The maximum Gasteiger partial charge on any atom is 0.248 e. The average molecular weight is 1540 g/mol. The van der Waals surface area contributed by atoms with E-state index in [4.69, 9.17) is 48.9 Å². The molecule has 21 N–H and O–H groups in total. The van der Waals surface area contributed by atoms with Crippen LogP contribution in [0.1, 0.15) is 158 Å². The highest BCUT2D eigenvalue weighted by atomic mass is 35.5. The van der Waals surface area contributed by atoms with Crippen LogP contribution in [0.4, 0.5) is 0 Å². The number of phenolic OH excluding ortho intramolecular Hbond substituents is 6. The number of aliphatic hydroxyl groups is 1. The van der Waals surface area contributed by atoms with E-state index in [1.165, 1.54) is 72.8 Å². The molecule has 13 rings (SSSR count). The summed E-state index contributed by atoms with van der Waals surface area (Å²) in [6, 6.07) is 8.77. The van der Waals surface area contributed by atoms with Gasteiger partial charge in [-0.05, 0) is 183 Å². The Morgan fingerprint density at radius 3 is 1.75 bits per heavy atom. The summed E-state index contributed by atoms with van der Waals surface area (Å²) in [7, 11) is 0. The first kappa shape index (κ1) is 79.4. The van der Waals surface area contributed by atoms with Gasteiger partial charge in [0.15, 0.2) is 23.0 Å². The highest BCUT2D eigenvalue weighted by molar-refractivity contribution is 6.32. The van der Waals surface area contributed by atoms with Gasteiger partial charge < -0.3 is 115 Å². The predicted molar refractivity (Wildman–Crippen MR) is 403 cm³/mol. The Labute approximate surface area is 638 Å². The molecule has 6 heterocycles. The molecule has 6 aliphatic rings. The number of unbranched alkanes of at least 4 members (excludes halogenated alkanes) is 7. The standard InChI is InChI=1S/C78H90Cl2N12O17/c1-2-3-4-5-6-7-8-9-22-85-39-50-56(96)38-49-62(70(50)98)48-32-42(15-17-54(48)94)64-75(103)92-68(78(106)91-67(49)74(102)86-27-12-26-84-25-11-24-83-23-10-21-81)69(97)43-16-20-58(52(80)33-43)109-61-36-45-35-60(71(61)99)108-57-19-13-40(28-51(57)79)29-53-72(100)88-65(76(104)90-66(45)77(105)89-64)44-30-46(93)37-47(31-44)107-59-34-41(14-18-55(59)95)63(82)73(101)87-53/h13-20,28,30-38,53,63-69,83-85,93-99H,2-12,21-27,29,39,81-82H2,1H3,(H,86,102)(H,87,101)(H,88,100)(H,89,105)(H,90,104)(H,91,106)(H,92,103)/t53-,63+,64-,65-,66-,67-,68-,69?/m0/s1. The summed E-state index contributed by atoms with van der Waals surface area (Å²) in [6.45, 7) is 5.68. The second-order valence-corrected chi connectivity index (χ2v) is 28.1. The molecule has 7 aromatic rings. The van der Waals surface area contributed by atoms with E-state index < -0.39 is 136 Å². The first-order chi connectivity index (χ1) is 52.5. The molecule has 578 valence electrons. The molecule has 7 aromatic carbocycles. The lowest BCUT2D eigenvalue weighted by atomic mass is 9.87. The third-order valence-corrected chi connectivity index (χ3v) is 19.9. The number of hydrogen-bond donors (Lipinski definition) is 19. The van der Waals surface area contributed by atoms with Gasteiger partial charge in [0.25, 0.3) is 0 Å². The van der Waals surface area contributed by atoms with Crippen molar-refractivity contribution in [2.45, 2.75) is 139 Å². The summed E-state index contributed by atoms with van der Waals surface area (Å²) in [6.07, 6.45) is 7.84. The lowest BCUT2D eigenvalue weighted by Gasteiger charge is -2.32. The molecule has 8 atom stereocenters. The zero-order chi connectivity index (χ0) is 77.6. The van der Waals surface area contributed by atoms with Crippen LogP contribution in [0, 0.1) is 0 Å². The zero-order valence-electron chi connectivity index (χ0n) is 59.8. The van der Waals surface area contributed by atoms with Gasteiger partial charge in [-0.3, -0.25) is 33.6 Å². The monoisotopic (exact) mass is 1540 g/mol. The minimum Gasteiger partial charge on any atom is -0.508 e. The maximum absolute atomic E-state index is 16.2. The average Bonchev–Trinajstić information content (AvgIpc) is 0.758. The molecule has 0 spiro atoms. The first-order valence-corrected chi connectivity index (χ1v) is 37.2. The molecule has 109 heavy (non-hydrogen) atoms. The number of fused-ring (bicyclic) bond motifs is 14. The smallest absolute Gasteiger partial charge is 0.248 e. The van der Waals surface area contributed by atoms with Gasteiger partial charge in [0.05, 0.1) is 15.6 Å².